The zero-order chi connectivity index (χ0) is 12.6. The van der Waals surface area contributed by atoms with Gasteiger partial charge in [-0.2, -0.15) is 0 Å². The van der Waals surface area contributed by atoms with Crippen LogP contribution in [-0.2, 0) is 0 Å². The van der Waals surface area contributed by atoms with Gasteiger partial charge < -0.3 is 15.7 Å². The molecule has 2 rings (SSSR count). The first-order valence-corrected chi connectivity index (χ1v) is 7.08. The van der Waals surface area contributed by atoms with Gasteiger partial charge in [0.15, 0.2) is 0 Å². The highest BCUT2D eigenvalue weighted by molar-refractivity contribution is 4.91. The predicted octanol–water partition coefficient (Wildman–Crippen LogP) is 1.45. The Kier molecular flexibility index (Phi) is 3.81. The Bertz CT molecular complexity index is 255. The Morgan fingerprint density at radius 1 is 1.35 bits per heavy atom. The third-order valence-electron chi connectivity index (χ3n) is 4.73. The minimum atomic E-state index is -0.477. The highest BCUT2D eigenvalue weighted by atomic mass is 16.3. The van der Waals surface area contributed by atoms with Crippen LogP contribution in [0, 0.1) is 17.8 Å². The summed E-state index contributed by atoms with van der Waals surface area (Å²) in [7, 11) is 0. The summed E-state index contributed by atoms with van der Waals surface area (Å²) in [6.45, 7) is 9.52. The Hall–Kier alpha value is -0.120. The van der Waals surface area contributed by atoms with Crippen LogP contribution in [-0.4, -0.2) is 41.3 Å². The van der Waals surface area contributed by atoms with Crippen LogP contribution in [0.1, 0.15) is 40.0 Å². The lowest BCUT2D eigenvalue weighted by Gasteiger charge is -2.39. The smallest absolute Gasteiger partial charge is 0.0758 e. The van der Waals surface area contributed by atoms with Crippen LogP contribution in [0.5, 0.6) is 0 Å². The fourth-order valence-corrected chi connectivity index (χ4v) is 3.78. The van der Waals surface area contributed by atoms with Crippen molar-refractivity contribution in [2.24, 2.45) is 23.5 Å². The monoisotopic (exact) mass is 240 g/mol. The molecule has 0 amide bonds. The van der Waals surface area contributed by atoms with E-state index in [2.05, 4.69) is 18.7 Å². The van der Waals surface area contributed by atoms with Gasteiger partial charge >= 0.3 is 0 Å². The Morgan fingerprint density at radius 3 is 2.59 bits per heavy atom. The van der Waals surface area contributed by atoms with E-state index in [0.717, 1.165) is 37.9 Å². The molecule has 1 saturated carbocycles. The molecule has 5 atom stereocenters. The van der Waals surface area contributed by atoms with E-state index >= 15 is 0 Å². The van der Waals surface area contributed by atoms with Crippen LogP contribution in [0.15, 0.2) is 0 Å². The minimum Gasteiger partial charge on any atom is -0.389 e. The van der Waals surface area contributed by atoms with E-state index in [4.69, 9.17) is 5.73 Å². The average Bonchev–Trinajstić information content (AvgIpc) is 2.52. The van der Waals surface area contributed by atoms with E-state index in [0.29, 0.717) is 12.0 Å². The van der Waals surface area contributed by atoms with Crippen LogP contribution in [0.25, 0.3) is 0 Å². The number of rotatable bonds is 2. The maximum atomic E-state index is 10.00. The van der Waals surface area contributed by atoms with E-state index in [1.807, 2.05) is 6.92 Å². The van der Waals surface area contributed by atoms with Crippen molar-refractivity contribution in [1.29, 1.82) is 0 Å². The maximum Gasteiger partial charge on any atom is 0.0758 e. The summed E-state index contributed by atoms with van der Waals surface area (Å²) in [5, 5.41) is 10.00. The zero-order valence-corrected chi connectivity index (χ0v) is 11.5. The van der Waals surface area contributed by atoms with Gasteiger partial charge in [0.1, 0.15) is 0 Å². The summed E-state index contributed by atoms with van der Waals surface area (Å²) < 4.78 is 0. The minimum absolute atomic E-state index is 0.347. The summed E-state index contributed by atoms with van der Waals surface area (Å²) in [5.74, 6) is 2.11. The molecular formula is C14H28N2O. The van der Waals surface area contributed by atoms with Crippen LogP contribution in [0.2, 0.25) is 0 Å². The molecule has 1 aliphatic heterocycles. The summed E-state index contributed by atoms with van der Waals surface area (Å²) in [4.78, 5) is 2.40. The van der Waals surface area contributed by atoms with Crippen molar-refractivity contribution in [3.63, 3.8) is 0 Å². The third kappa shape index (κ3) is 3.21. The van der Waals surface area contributed by atoms with Crippen LogP contribution >= 0.6 is 0 Å². The number of nitrogens with zero attached hydrogens (tertiary/aromatic N) is 1. The molecule has 0 aromatic carbocycles. The zero-order valence-electron chi connectivity index (χ0n) is 11.5. The van der Waals surface area contributed by atoms with Crippen LogP contribution in [0.4, 0.5) is 0 Å². The Morgan fingerprint density at radius 2 is 2.06 bits per heavy atom. The fraction of sp³-hybridized carbons (Fsp3) is 1.00. The van der Waals surface area contributed by atoms with Gasteiger partial charge in [0.05, 0.1) is 5.60 Å². The van der Waals surface area contributed by atoms with Crippen molar-refractivity contribution < 1.29 is 5.11 Å². The lowest BCUT2D eigenvalue weighted by Crippen LogP contribution is -2.46. The van der Waals surface area contributed by atoms with E-state index in [1.54, 1.807) is 0 Å². The predicted molar refractivity (Wildman–Crippen MR) is 70.7 cm³/mol. The standard InChI is InChI=1S/C14H28N2O/c1-10-6-11(2)12(13(15)7-10)8-16-5-4-14(3,17)9-16/h10-13,17H,4-9,15H2,1-3H3. The normalized spacial score (nSPS) is 48.5. The summed E-state index contributed by atoms with van der Waals surface area (Å²) >= 11 is 0. The van der Waals surface area contributed by atoms with Crippen LogP contribution in [0.3, 0.4) is 0 Å². The molecule has 3 heteroatoms. The molecule has 100 valence electrons. The van der Waals surface area contributed by atoms with Gasteiger partial charge in [-0.1, -0.05) is 13.8 Å². The third-order valence-corrected chi connectivity index (χ3v) is 4.73. The second-order valence-corrected chi connectivity index (χ2v) is 6.86. The molecule has 0 bridgehead atoms. The second-order valence-electron chi connectivity index (χ2n) is 6.86. The first-order chi connectivity index (χ1) is 7.87. The molecule has 2 aliphatic rings. The van der Waals surface area contributed by atoms with Gasteiger partial charge in [-0.25, -0.2) is 0 Å². The number of hydrogen-bond donors (Lipinski definition) is 2. The quantitative estimate of drug-likeness (QED) is 0.768. The molecule has 3 nitrogen and oxygen atoms in total. The Balaban J connectivity index is 1.90. The van der Waals surface area contributed by atoms with Crippen molar-refractivity contribution in [2.45, 2.75) is 51.7 Å². The highest BCUT2D eigenvalue weighted by Gasteiger charge is 2.37. The largest absolute Gasteiger partial charge is 0.389 e. The molecule has 1 heterocycles. The van der Waals surface area contributed by atoms with Crippen molar-refractivity contribution in [3.8, 4) is 0 Å². The number of aliphatic hydroxyl groups is 1. The van der Waals surface area contributed by atoms with E-state index < -0.39 is 5.60 Å². The molecule has 0 spiro atoms. The van der Waals surface area contributed by atoms with Gasteiger partial charge in [-0.3, -0.25) is 0 Å². The molecular weight excluding hydrogens is 212 g/mol. The second kappa shape index (κ2) is 4.87. The molecule has 1 aliphatic carbocycles. The molecule has 0 aromatic rings. The summed E-state index contributed by atoms with van der Waals surface area (Å²) in [6.07, 6.45) is 3.38. The van der Waals surface area contributed by atoms with Gasteiger partial charge in [-0.05, 0) is 43.9 Å². The van der Waals surface area contributed by atoms with Gasteiger partial charge in [0.25, 0.3) is 0 Å². The van der Waals surface area contributed by atoms with Gasteiger partial charge in [0, 0.05) is 25.7 Å². The molecule has 17 heavy (non-hydrogen) atoms. The summed E-state index contributed by atoms with van der Waals surface area (Å²) in [6, 6.07) is 0.347. The van der Waals surface area contributed by atoms with E-state index in [9.17, 15) is 5.11 Å². The number of likely N-dealkylation sites (tertiary alicyclic amines) is 1. The number of β-amino-alcohol motifs (C(OH)–C–C–N with tert-alkyl or cyclic N) is 1. The average molecular weight is 240 g/mol. The molecule has 0 aromatic heterocycles. The van der Waals surface area contributed by atoms with Gasteiger partial charge in [-0.15, -0.1) is 0 Å². The topological polar surface area (TPSA) is 49.5 Å². The van der Waals surface area contributed by atoms with Crippen molar-refractivity contribution in [2.75, 3.05) is 19.6 Å². The fourth-order valence-electron chi connectivity index (χ4n) is 3.78. The first-order valence-electron chi connectivity index (χ1n) is 7.08. The summed E-state index contributed by atoms with van der Waals surface area (Å²) in [5.41, 5.74) is 5.84. The number of nitrogens with two attached hydrogens (primary N) is 1. The van der Waals surface area contributed by atoms with Gasteiger partial charge in [0.2, 0.25) is 0 Å². The molecule has 5 unspecified atom stereocenters. The molecule has 1 saturated heterocycles. The first kappa shape index (κ1) is 13.3. The molecule has 3 N–H and O–H groups in total. The lowest BCUT2D eigenvalue weighted by atomic mass is 9.72. The highest BCUT2D eigenvalue weighted by Crippen LogP contribution is 2.34. The van der Waals surface area contributed by atoms with E-state index in [-0.39, 0.29) is 0 Å². The maximum absolute atomic E-state index is 10.00. The molecule has 0 radical (unpaired) electrons. The van der Waals surface area contributed by atoms with Crippen molar-refractivity contribution in [1.82, 2.24) is 4.90 Å². The Labute approximate surface area is 105 Å². The lowest BCUT2D eigenvalue weighted by molar-refractivity contribution is 0.0593. The van der Waals surface area contributed by atoms with E-state index in [1.165, 1.54) is 12.8 Å². The van der Waals surface area contributed by atoms with Crippen LogP contribution < -0.4 is 5.73 Å². The van der Waals surface area contributed by atoms with Crippen molar-refractivity contribution >= 4 is 0 Å². The van der Waals surface area contributed by atoms with Crippen molar-refractivity contribution in [3.05, 3.63) is 0 Å². The number of hydrogen-bond acceptors (Lipinski definition) is 3. The SMILES string of the molecule is CC1CC(C)C(CN2CCC(C)(O)C2)C(N)C1. The molecule has 2 fully saturated rings.